The van der Waals surface area contributed by atoms with Crippen molar-refractivity contribution in [3.63, 3.8) is 0 Å². The van der Waals surface area contributed by atoms with Crippen molar-refractivity contribution in [2.75, 3.05) is 0 Å². The number of carboxylic acids is 2. The van der Waals surface area contributed by atoms with Crippen molar-refractivity contribution in [2.24, 2.45) is 0 Å². The summed E-state index contributed by atoms with van der Waals surface area (Å²) in [6.45, 7) is 11.0. The minimum atomic E-state index is -1.13. The molecule has 0 unspecified atom stereocenters. The fourth-order valence-corrected chi connectivity index (χ4v) is 2.48. The normalized spacial score (nSPS) is 10.4. The maximum Gasteiger partial charge on any atom is 0.335 e. The molecule has 0 bridgehead atoms. The van der Waals surface area contributed by atoms with Gasteiger partial charge in [0.05, 0.1) is 23.3 Å². The number of benzene rings is 2. The number of ether oxygens (including phenoxy) is 2. The van der Waals surface area contributed by atoms with Crippen LogP contribution in [0.2, 0.25) is 0 Å². The first kappa shape index (κ1) is 24.6. The van der Waals surface area contributed by atoms with Crippen LogP contribution in [-0.4, -0.2) is 44.6 Å². The molecular weight excluding hydrogens is 392 g/mol. The maximum absolute atomic E-state index is 11.0. The molecule has 0 aliphatic rings. The van der Waals surface area contributed by atoms with Gasteiger partial charge >= 0.3 is 11.9 Å². The third-order valence-corrected chi connectivity index (χ3v) is 3.73. The lowest BCUT2D eigenvalue weighted by atomic mass is 10.1. The molecule has 0 atom stereocenters. The predicted molar refractivity (Wildman–Crippen MR) is 111 cm³/mol. The Morgan fingerprint density at radius 3 is 1.67 bits per heavy atom. The largest absolute Gasteiger partial charge is 0.504 e. The van der Waals surface area contributed by atoms with E-state index in [1.54, 1.807) is 6.07 Å². The number of hydrogen-bond donors (Lipinski definition) is 4. The number of rotatable bonds is 6. The summed E-state index contributed by atoms with van der Waals surface area (Å²) < 4.78 is 11.3. The van der Waals surface area contributed by atoms with E-state index in [1.165, 1.54) is 19.1 Å². The molecule has 4 N–H and O–H groups in total. The zero-order valence-corrected chi connectivity index (χ0v) is 17.9. The Hall–Kier alpha value is -3.42. The molecule has 0 aliphatic heterocycles. The van der Waals surface area contributed by atoms with E-state index in [0.29, 0.717) is 17.1 Å². The molecule has 0 aromatic heterocycles. The summed E-state index contributed by atoms with van der Waals surface area (Å²) in [5.41, 5.74) is 1.27. The lowest BCUT2D eigenvalue weighted by Gasteiger charge is -2.19. The number of carboxylic acid groups (broad SMARTS) is 2. The van der Waals surface area contributed by atoms with Gasteiger partial charge in [-0.1, -0.05) is 0 Å². The van der Waals surface area contributed by atoms with Crippen LogP contribution in [-0.2, 0) is 0 Å². The smallest absolute Gasteiger partial charge is 0.335 e. The topological polar surface area (TPSA) is 134 Å². The van der Waals surface area contributed by atoms with Gasteiger partial charge in [0.1, 0.15) is 0 Å². The minimum Gasteiger partial charge on any atom is -0.504 e. The van der Waals surface area contributed by atoms with Crippen molar-refractivity contribution in [3.8, 4) is 23.0 Å². The SMILES string of the molecule is Cc1cc(C(=O)O)cc(O)c1O.Cc1cc(C(=O)O)cc(OC(C)C)c1OC(C)C. The summed E-state index contributed by atoms with van der Waals surface area (Å²) in [6, 6.07) is 5.39. The van der Waals surface area contributed by atoms with E-state index in [0.717, 1.165) is 11.6 Å². The first-order valence-electron chi connectivity index (χ1n) is 9.30. The van der Waals surface area contributed by atoms with Crippen molar-refractivity contribution in [1.29, 1.82) is 0 Å². The molecule has 2 aromatic rings. The number of aryl methyl sites for hydroxylation is 2. The van der Waals surface area contributed by atoms with Crippen LogP contribution in [0.25, 0.3) is 0 Å². The van der Waals surface area contributed by atoms with E-state index in [1.807, 2.05) is 34.6 Å². The van der Waals surface area contributed by atoms with Crippen LogP contribution < -0.4 is 9.47 Å². The Kier molecular flexibility index (Phi) is 8.52. The van der Waals surface area contributed by atoms with Gasteiger partial charge in [-0.05, 0) is 76.9 Å². The molecule has 8 nitrogen and oxygen atoms in total. The summed E-state index contributed by atoms with van der Waals surface area (Å²) in [5, 5.41) is 35.7. The van der Waals surface area contributed by atoms with Gasteiger partial charge in [-0.25, -0.2) is 9.59 Å². The van der Waals surface area contributed by atoms with Crippen LogP contribution in [0.3, 0.4) is 0 Å². The molecule has 0 amide bonds. The van der Waals surface area contributed by atoms with E-state index in [2.05, 4.69) is 0 Å². The van der Waals surface area contributed by atoms with Gasteiger partial charge in [-0.2, -0.15) is 0 Å². The van der Waals surface area contributed by atoms with Crippen molar-refractivity contribution in [3.05, 3.63) is 46.5 Å². The summed E-state index contributed by atoms with van der Waals surface area (Å²) in [4.78, 5) is 21.5. The molecule has 2 aromatic carbocycles. The molecule has 8 heteroatoms. The number of hydrogen-bond acceptors (Lipinski definition) is 6. The van der Waals surface area contributed by atoms with E-state index < -0.39 is 17.7 Å². The van der Waals surface area contributed by atoms with Crippen LogP contribution in [0, 0.1) is 13.8 Å². The number of phenolic OH excluding ortho intramolecular Hbond substituents is 2. The molecule has 0 heterocycles. The monoisotopic (exact) mass is 420 g/mol. The molecule has 164 valence electrons. The highest BCUT2D eigenvalue weighted by molar-refractivity contribution is 5.89. The molecule has 30 heavy (non-hydrogen) atoms. The van der Waals surface area contributed by atoms with Crippen LogP contribution in [0.1, 0.15) is 59.5 Å². The van der Waals surface area contributed by atoms with Crippen LogP contribution >= 0.6 is 0 Å². The highest BCUT2D eigenvalue weighted by Crippen LogP contribution is 2.34. The molecule has 2 rings (SSSR count). The summed E-state index contributed by atoms with van der Waals surface area (Å²) in [5.74, 6) is -1.69. The predicted octanol–water partition coefficient (Wildman–Crippen LogP) is 4.37. The van der Waals surface area contributed by atoms with E-state index in [9.17, 15) is 9.59 Å². The van der Waals surface area contributed by atoms with Crippen molar-refractivity contribution >= 4 is 11.9 Å². The third-order valence-electron chi connectivity index (χ3n) is 3.73. The first-order chi connectivity index (χ1) is 13.8. The van der Waals surface area contributed by atoms with Gasteiger partial charge in [0, 0.05) is 0 Å². The fraction of sp³-hybridized carbons (Fsp3) is 0.364. The van der Waals surface area contributed by atoms with Crippen LogP contribution in [0.15, 0.2) is 24.3 Å². The zero-order valence-electron chi connectivity index (χ0n) is 17.9. The summed E-state index contributed by atoms with van der Waals surface area (Å²) in [6.07, 6.45) is -0.0307. The quantitative estimate of drug-likeness (QED) is 0.506. The number of aromatic carboxylic acids is 2. The summed E-state index contributed by atoms with van der Waals surface area (Å²) >= 11 is 0. The van der Waals surface area contributed by atoms with Gasteiger partial charge in [0.2, 0.25) is 0 Å². The van der Waals surface area contributed by atoms with Crippen LogP contribution in [0.4, 0.5) is 0 Å². The Labute approximate surface area is 175 Å². The standard InChI is InChI=1S/C14H20O4.C8H8O4/c1-8(2)17-12-7-11(14(15)16)6-10(5)13(12)18-9(3)4;1-4-2-5(8(11)12)3-6(9)7(4)10/h6-9H,1-5H3,(H,15,16);2-3,9-10H,1H3,(H,11,12). The molecule has 0 saturated carbocycles. The third kappa shape index (κ3) is 6.88. The highest BCUT2D eigenvalue weighted by Gasteiger charge is 2.16. The maximum atomic E-state index is 11.0. The molecule has 0 radical (unpaired) electrons. The van der Waals surface area contributed by atoms with E-state index in [-0.39, 0.29) is 29.1 Å². The minimum absolute atomic E-state index is 0.00823. The second kappa shape index (κ2) is 10.4. The Bertz CT molecular complexity index is 893. The fourth-order valence-electron chi connectivity index (χ4n) is 2.48. The Morgan fingerprint density at radius 1 is 0.767 bits per heavy atom. The molecular formula is C22H28O8. The highest BCUT2D eigenvalue weighted by atomic mass is 16.5. The van der Waals surface area contributed by atoms with Gasteiger partial charge in [0.15, 0.2) is 23.0 Å². The molecule has 0 fully saturated rings. The molecule has 0 aliphatic carbocycles. The van der Waals surface area contributed by atoms with Crippen LogP contribution in [0.5, 0.6) is 23.0 Å². The lowest BCUT2D eigenvalue weighted by molar-refractivity contribution is 0.0685. The lowest BCUT2D eigenvalue weighted by Crippen LogP contribution is -2.12. The average molecular weight is 420 g/mol. The molecule has 0 saturated heterocycles. The Morgan fingerprint density at radius 2 is 1.23 bits per heavy atom. The second-order valence-electron chi connectivity index (χ2n) is 7.22. The Balaban J connectivity index is 0.000000325. The van der Waals surface area contributed by atoms with E-state index >= 15 is 0 Å². The zero-order chi connectivity index (χ0) is 23.2. The van der Waals surface area contributed by atoms with Gasteiger partial charge in [0.25, 0.3) is 0 Å². The van der Waals surface area contributed by atoms with Crippen molar-refractivity contribution in [2.45, 2.75) is 53.8 Å². The average Bonchev–Trinajstić information content (AvgIpc) is 2.61. The van der Waals surface area contributed by atoms with Gasteiger partial charge in [-0.15, -0.1) is 0 Å². The second-order valence-corrected chi connectivity index (χ2v) is 7.22. The molecule has 0 spiro atoms. The van der Waals surface area contributed by atoms with Crippen molar-refractivity contribution in [1.82, 2.24) is 0 Å². The summed E-state index contributed by atoms with van der Waals surface area (Å²) in [7, 11) is 0. The van der Waals surface area contributed by atoms with Gasteiger partial charge < -0.3 is 29.9 Å². The van der Waals surface area contributed by atoms with E-state index in [4.69, 9.17) is 29.9 Å². The first-order valence-corrected chi connectivity index (χ1v) is 9.30. The number of aromatic hydroxyl groups is 2. The van der Waals surface area contributed by atoms with Gasteiger partial charge in [-0.3, -0.25) is 0 Å². The van der Waals surface area contributed by atoms with Crippen molar-refractivity contribution < 1.29 is 39.5 Å². The number of carbonyl (C=O) groups is 2. The number of phenols is 2.